The zero-order valence-electron chi connectivity index (χ0n) is 11.7. The minimum Gasteiger partial charge on any atom is -0.396 e. The van der Waals surface area contributed by atoms with Gasteiger partial charge in [0.1, 0.15) is 0 Å². The Labute approximate surface area is 113 Å². The Morgan fingerprint density at radius 2 is 2.16 bits per heavy atom. The summed E-state index contributed by atoms with van der Waals surface area (Å²) in [5.74, 6) is 0. The zero-order chi connectivity index (χ0) is 14.5. The van der Waals surface area contributed by atoms with E-state index in [2.05, 4.69) is 5.32 Å². The molecule has 2 N–H and O–H groups in total. The van der Waals surface area contributed by atoms with E-state index in [4.69, 9.17) is 0 Å². The third-order valence-electron chi connectivity index (χ3n) is 3.15. The average molecular weight is 266 g/mol. The van der Waals surface area contributed by atoms with Gasteiger partial charge >= 0.3 is 0 Å². The van der Waals surface area contributed by atoms with Crippen molar-refractivity contribution in [1.29, 1.82) is 0 Å². The molecule has 0 heterocycles. The number of nitro groups is 1. The van der Waals surface area contributed by atoms with Gasteiger partial charge in [0, 0.05) is 36.7 Å². The van der Waals surface area contributed by atoms with Crippen LogP contribution in [-0.2, 0) is 0 Å². The molecule has 1 aromatic rings. The molecule has 0 radical (unpaired) electrons. The number of benzene rings is 1. The van der Waals surface area contributed by atoms with Gasteiger partial charge in [-0.1, -0.05) is 32.9 Å². The summed E-state index contributed by atoms with van der Waals surface area (Å²) in [4.78, 5) is 10.4. The molecule has 1 unspecified atom stereocenters. The number of aliphatic hydroxyl groups is 1. The van der Waals surface area contributed by atoms with Crippen LogP contribution in [0.4, 0.5) is 5.69 Å². The van der Waals surface area contributed by atoms with Crippen LogP contribution in [0.15, 0.2) is 24.3 Å². The van der Waals surface area contributed by atoms with Crippen LogP contribution in [0.2, 0.25) is 0 Å². The largest absolute Gasteiger partial charge is 0.396 e. The van der Waals surface area contributed by atoms with Crippen LogP contribution in [0.3, 0.4) is 0 Å². The molecule has 0 saturated carbocycles. The SMILES string of the molecule is CCC(NCC(C)(C)CO)c1cccc([N+](=O)[O-])c1. The fourth-order valence-electron chi connectivity index (χ4n) is 1.81. The number of hydrogen-bond donors (Lipinski definition) is 2. The van der Waals surface area contributed by atoms with Crippen molar-refractivity contribution in [2.24, 2.45) is 5.41 Å². The maximum absolute atomic E-state index is 10.8. The number of nitrogens with zero attached hydrogens (tertiary/aromatic N) is 1. The fourth-order valence-corrected chi connectivity index (χ4v) is 1.81. The molecule has 0 aromatic heterocycles. The van der Waals surface area contributed by atoms with Gasteiger partial charge in [0.2, 0.25) is 0 Å². The van der Waals surface area contributed by atoms with E-state index in [0.29, 0.717) is 6.54 Å². The van der Waals surface area contributed by atoms with Gasteiger partial charge in [-0.25, -0.2) is 0 Å². The molecule has 5 nitrogen and oxygen atoms in total. The van der Waals surface area contributed by atoms with Crippen LogP contribution in [0, 0.1) is 15.5 Å². The van der Waals surface area contributed by atoms with Gasteiger partial charge in [0.25, 0.3) is 5.69 Å². The van der Waals surface area contributed by atoms with Crippen molar-refractivity contribution in [3.63, 3.8) is 0 Å². The highest BCUT2D eigenvalue weighted by Crippen LogP contribution is 2.23. The zero-order valence-corrected chi connectivity index (χ0v) is 11.7. The lowest BCUT2D eigenvalue weighted by atomic mass is 9.93. The molecular formula is C14H22N2O3. The van der Waals surface area contributed by atoms with Crippen molar-refractivity contribution >= 4 is 5.69 Å². The molecule has 0 spiro atoms. The first-order valence-electron chi connectivity index (χ1n) is 6.48. The maximum Gasteiger partial charge on any atom is 0.269 e. The van der Waals surface area contributed by atoms with E-state index in [1.807, 2.05) is 26.8 Å². The minimum atomic E-state index is -0.381. The summed E-state index contributed by atoms with van der Waals surface area (Å²) in [6.07, 6.45) is 0.836. The molecule has 106 valence electrons. The topological polar surface area (TPSA) is 75.4 Å². The normalized spacial score (nSPS) is 13.3. The van der Waals surface area contributed by atoms with Crippen molar-refractivity contribution in [2.45, 2.75) is 33.2 Å². The maximum atomic E-state index is 10.8. The first-order valence-corrected chi connectivity index (χ1v) is 6.48. The molecule has 0 fully saturated rings. The third-order valence-corrected chi connectivity index (χ3v) is 3.15. The average Bonchev–Trinajstić information content (AvgIpc) is 2.39. The molecule has 0 saturated heterocycles. The number of rotatable bonds is 7. The lowest BCUT2D eigenvalue weighted by Crippen LogP contribution is -2.34. The quantitative estimate of drug-likeness (QED) is 0.587. The van der Waals surface area contributed by atoms with Crippen molar-refractivity contribution in [1.82, 2.24) is 5.32 Å². The van der Waals surface area contributed by atoms with E-state index in [1.165, 1.54) is 6.07 Å². The van der Waals surface area contributed by atoms with Crippen molar-refractivity contribution in [3.05, 3.63) is 39.9 Å². The van der Waals surface area contributed by atoms with Crippen molar-refractivity contribution < 1.29 is 10.0 Å². The molecule has 1 atom stereocenters. The van der Waals surface area contributed by atoms with E-state index in [1.54, 1.807) is 12.1 Å². The molecule has 0 aliphatic carbocycles. The Morgan fingerprint density at radius 1 is 1.47 bits per heavy atom. The predicted molar refractivity (Wildman–Crippen MR) is 75.0 cm³/mol. The summed E-state index contributed by atoms with van der Waals surface area (Å²) in [6, 6.07) is 6.75. The first kappa shape index (κ1) is 15.6. The second-order valence-electron chi connectivity index (χ2n) is 5.52. The van der Waals surface area contributed by atoms with E-state index in [-0.39, 0.29) is 28.7 Å². The van der Waals surface area contributed by atoms with Crippen LogP contribution >= 0.6 is 0 Å². The monoisotopic (exact) mass is 266 g/mol. The van der Waals surface area contributed by atoms with E-state index >= 15 is 0 Å². The number of aliphatic hydroxyl groups excluding tert-OH is 1. The molecule has 1 aromatic carbocycles. The van der Waals surface area contributed by atoms with Crippen LogP contribution in [-0.4, -0.2) is 23.2 Å². The second-order valence-corrected chi connectivity index (χ2v) is 5.52. The van der Waals surface area contributed by atoms with Gasteiger partial charge in [-0.3, -0.25) is 10.1 Å². The summed E-state index contributed by atoms with van der Waals surface area (Å²) in [7, 11) is 0. The van der Waals surface area contributed by atoms with Gasteiger partial charge in [0.15, 0.2) is 0 Å². The van der Waals surface area contributed by atoms with Gasteiger partial charge in [-0.15, -0.1) is 0 Å². The molecule has 19 heavy (non-hydrogen) atoms. The minimum absolute atomic E-state index is 0.0609. The Kier molecular flexibility index (Phi) is 5.44. The molecule has 0 aliphatic rings. The van der Waals surface area contributed by atoms with E-state index in [9.17, 15) is 15.2 Å². The highest BCUT2D eigenvalue weighted by atomic mass is 16.6. The summed E-state index contributed by atoms with van der Waals surface area (Å²) in [5, 5.41) is 23.4. The highest BCUT2D eigenvalue weighted by molar-refractivity contribution is 5.35. The van der Waals surface area contributed by atoms with Crippen LogP contribution in [0.1, 0.15) is 38.8 Å². The lowest BCUT2D eigenvalue weighted by molar-refractivity contribution is -0.384. The molecule has 0 bridgehead atoms. The molecule has 5 heteroatoms. The van der Waals surface area contributed by atoms with Crippen LogP contribution in [0.25, 0.3) is 0 Å². The number of nitrogens with one attached hydrogen (secondary N) is 1. The lowest BCUT2D eigenvalue weighted by Gasteiger charge is -2.26. The molecule has 0 amide bonds. The smallest absolute Gasteiger partial charge is 0.269 e. The second kappa shape index (κ2) is 6.63. The summed E-state index contributed by atoms with van der Waals surface area (Å²) in [6.45, 7) is 6.73. The summed E-state index contributed by atoms with van der Waals surface area (Å²) in [5.41, 5.74) is 0.818. The van der Waals surface area contributed by atoms with Gasteiger partial charge in [-0.2, -0.15) is 0 Å². The van der Waals surface area contributed by atoms with Crippen molar-refractivity contribution in [3.8, 4) is 0 Å². The Morgan fingerprint density at radius 3 is 2.68 bits per heavy atom. The Bertz CT molecular complexity index is 432. The molecule has 0 aliphatic heterocycles. The summed E-state index contributed by atoms with van der Waals surface area (Å²) < 4.78 is 0. The number of hydrogen-bond acceptors (Lipinski definition) is 4. The van der Waals surface area contributed by atoms with E-state index < -0.39 is 0 Å². The predicted octanol–water partition coefficient (Wildman–Crippen LogP) is 2.65. The van der Waals surface area contributed by atoms with Crippen LogP contribution in [0.5, 0.6) is 0 Å². The van der Waals surface area contributed by atoms with Gasteiger partial charge < -0.3 is 10.4 Å². The third kappa shape index (κ3) is 4.61. The Hall–Kier alpha value is -1.46. The van der Waals surface area contributed by atoms with Gasteiger partial charge in [0.05, 0.1) is 4.92 Å². The molecule has 1 rings (SSSR count). The van der Waals surface area contributed by atoms with Crippen molar-refractivity contribution in [2.75, 3.05) is 13.2 Å². The Balaban J connectivity index is 2.80. The first-order chi connectivity index (χ1) is 8.89. The molecular weight excluding hydrogens is 244 g/mol. The number of nitro benzene ring substituents is 1. The standard InChI is InChI=1S/C14H22N2O3/c1-4-13(15-9-14(2,3)10-17)11-6-5-7-12(8-11)16(18)19/h5-8,13,15,17H,4,9-10H2,1-3H3. The van der Waals surface area contributed by atoms with E-state index in [0.717, 1.165) is 12.0 Å². The van der Waals surface area contributed by atoms with Gasteiger partial charge in [-0.05, 0) is 12.0 Å². The fraction of sp³-hybridized carbons (Fsp3) is 0.571. The van der Waals surface area contributed by atoms with Crippen LogP contribution < -0.4 is 5.32 Å². The number of non-ortho nitro benzene ring substituents is 1. The highest BCUT2D eigenvalue weighted by Gasteiger charge is 2.19. The summed E-state index contributed by atoms with van der Waals surface area (Å²) >= 11 is 0.